The molecule has 0 radical (unpaired) electrons. The molecular formula is C10H11N5O4S. The van der Waals surface area contributed by atoms with E-state index >= 15 is 0 Å². The average molecular weight is 297 g/mol. The zero-order chi connectivity index (χ0) is 14.9. The molecule has 0 aliphatic heterocycles. The molecule has 2 rings (SSSR count). The van der Waals surface area contributed by atoms with Gasteiger partial charge in [-0.3, -0.25) is 9.71 Å². The molecule has 2 N–H and O–H groups in total. The number of aromatic carboxylic acids is 1. The Labute approximate surface area is 114 Å². The van der Waals surface area contributed by atoms with E-state index in [1.54, 1.807) is 0 Å². The van der Waals surface area contributed by atoms with E-state index in [1.165, 1.54) is 25.4 Å². The molecule has 0 atom stereocenters. The van der Waals surface area contributed by atoms with Gasteiger partial charge in [0.2, 0.25) is 10.0 Å². The lowest BCUT2D eigenvalue weighted by atomic mass is 10.2. The quantitative estimate of drug-likeness (QED) is 0.809. The van der Waals surface area contributed by atoms with Crippen molar-refractivity contribution < 1.29 is 18.3 Å². The molecule has 0 aliphatic rings. The zero-order valence-corrected chi connectivity index (χ0v) is 11.4. The van der Waals surface area contributed by atoms with Crippen LogP contribution in [0.3, 0.4) is 0 Å². The van der Waals surface area contributed by atoms with E-state index in [-0.39, 0.29) is 22.8 Å². The summed E-state index contributed by atoms with van der Waals surface area (Å²) in [6.45, 7) is 0. The van der Waals surface area contributed by atoms with E-state index in [9.17, 15) is 13.2 Å². The molecule has 2 heterocycles. The average Bonchev–Trinajstić information content (AvgIpc) is 2.70. The SMILES string of the molecule is Cn1nnc(-c2ccc(NS(C)(=O)=O)cn2)c1C(=O)O. The van der Waals surface area contributed by atoms with Crippen LogP contribution in [0.15, 0.2) is 18.3 Å². The Bertz CT molecular complexity index is 750. The number of aromatic nitrogens is 4. The minimum absolute atomic E-state index is 0.0960. The number of aryl methyl sites for hydroxylation is 1. The molecule has 9 nitrogen and oxygen atoms in total. The van der Waals surface area contributed by atoms with Crippen LogP contribution in [0.1, 0.15) is 10.5 Å². The van der Waals surface area contributed by atoms with Crippen molar-refractivity contribution in [3.63, 3.8) is 0 Å². The molecule has 10 heteroatoms. The smallest absolute Gasteiger partial charge is 0.356 e. The molecule has 0 unspecified atom stereocenters. The summed E-state index contributed by atoms with van der Waals surface area (Å²) >= 11 is 0. The highest BCUT2D eigenvalue weighted by atomic mass is 32.2. The van der Waals surface area contributed by atoms with Crippen LogP contribution in [0.25, 0.3) is 11.4 Å². The lowest BCUT2D eigenvalue weighted by Crippen LogP contribution is -2.10. The monoisotopic (exact) mass is 297 g/mol. The molecule has 0 spiro atoms. The van der Waals surface area contributed by atoms with Crippen LogP contribution in [0.2, 0.25) is 0 Å². The van der Waals surface area contributed by atoms with Crippen LogP contribution < -0.4 is 4.72 Å². The van der Waals surface area contributed by atoms with Crippen LogP contribution in [0, 0.1) is 0 Å². The van der Waals surface area contributed by atoms with E-state index in [2.05, 4.69) is 20.0 Å². The van der Waals surface area contributed by atoms with E-state index in [1.807, 2.05) is 0 Å². The number of nitrogens with one attached hydrogen (secondary N) is 1. The predicted molar refractivity (Wildman–Crippen MR) is 69.7 cm³/mol. The highest BCUT2D eigenvalue weighted by molar-refractivity contribution is 7.92. The summed E-state index contributed by atoms with van der Waals surface area (Å²) in [7, 11) is -1.93. The standard InChI is InChI=1S/C10H11N5O4S/c1-15-9(10(16)17)8(12-14-15)7-4-3-6(5-11-7)13-20(2,18)19/h3-5,13H,1-2H3,(H,16,17). The number of sulfonamides is 1. The maximum absolute atomic E-state index is 11.1. The van der Waals surface area contributed by atoms with Crippen molar-refractivity contribution in [3.8, 4) is 11.4 Å². The van der Waals surface area contributed by atoms with E-state index in [0.717, 1.165) is 10.9 Å². The van der Waals surface area contributed by atoms with Gasteiger partial charge in [0.15, 0.2) is 5.69 Å². The highest BCUT2D eigenvalue weighted by Crippen LogP contribution is 2.20. The number of nitrogens with zero attached hydrogens (tertiary/aromatic N) is 4. The summed E-state index contributed by atoms with van der Waals surface area (Å²) in [6, 6.07) is 2.92. The largest absolute Gasteiger partial charge is 0.476 e. The molecule has 0 aromatic carbocycles. The highest BCUT2D eigenvalue weighted by Gasteiger charge is 2.20. The first-order valence-corrected chi connectivity index (χ1v) is 7.24. The maximum Gasteiger partial charge on any atom is 0.356 e. The number of hydrogen-bond acceptors (Lipinski definition) is 6. The lowest BCUT2D eigenvalue weighted by molar-refractivity contribution is 0.0686. The molecule has 0 saturated carbocycles. The fourth-order valence-electron chi connectivity index (χ4n) is 1.58. The summed E-state index contributed by atoms with van der Waals surface area (Å²) in [5, 5.41) is 16.5. The minimum atomic E-state index is -3.39. The fourth-order valence-corrected chi connectivity index (χ4v) is 2.13. The first-order chi connectivity index (χ1) is 9.28. The van der Waals surface area contributed by atoms with Crippen molar-refractivity contribution in [1.82, 2.24) is 20.0 Å². The number of carboxylic acids is 1. The van der Waals surface area contributed by atoms with E-state index < -0.39 is 16.0 Å². The molecular weight excluding hydrogens is 286 g/mol. The summed E-state index contributed by atoms with van der Waals surface area (Å²) in [5.74, 6) is -1.17. The predicted octanol–water partition coefficient (Wildman–Crippen LogP) is -0.0532. The second-order valence-corrected chi connectivity index (χ2v) is 5.77. The van der Waals surface area contributed by atoms with Crippen LogP contribution in [0.4, 0.5) is 5.69 Å². The van der Waals surface area contributed by atoms with Gasteiger partial charge in [-0.2, -0.15) is 0 Å². The van der Waals surface area contributed by atoms with Crippen molar-refractivity contribution >= 4 is 21.7 Å². The van der Waals surface area contributed by atoms with E-state index in [0.29, 0.717) is 0 Å². The van der Waals surface area contributed by atoms with E-state index in [4.69, 9.17) is 5.11 Å². The van der Waals surface area contributed by atoms with Gasteiger partial charge in [-0.15, -0.1) is 5.10 Å². The number of hydrogen-bond donors (Lipinski definition) is 2. The first kappa shape index (κ1) is 13.9. The molecule has 0 fully saturated rings. The fraction of sp³-hybridized carbons (Fsp3) is 0.200. The third kappa shape index (κ3) is 2.91. The van der Waals surface area contributed by atoms with Crippen LogP contribution in [0.5, 0.6) is 0 Å². The van der Waals surface area contributed by atoms with Gasteiger partial charge in [-0.25, -0.2) is 17.9 Å². The third-order valence-electron chi connectivity index (χ3n) is 2.34. The minimum Gasteiger partial charge on any atom is -0.476 e. The number of rotatable bonds is 4. The van der Waals surface area contributed by atoms with Crippen LogP contribution >= 0.6 is 0 Å². The summed E-state index contributed by atoms with van der Waals surface area (Å²) in [6.07, 6.45) is 2.29. The van der Waals surface area contributed by atoms with Crippen molar-refractivity contribution in [2.45, 2.75) is 0 Å². The van der Waals surface area contributed by atoms with Gasteiger partial charge in [0.1, 0.15) is 5.69 Å². The number of carboxylic acid groups (broad SMARTS) is 1. The Morgan fingerprint density at radius 2 is 2.10 bits per heavy atom. The first-order valence-electron chi connectivity index (χ1n) is 5.35. The zero-order valence-electron chi connectivity index (χ0n) is 10.6. The Hall–Kier alpha value is -2.49. The Morgan fingerprint density at radius 3 is 2.60 bits per heavy atom. The Morgan fingerprint density at radius 1 is 1.40 bits per heavy atom. The number of pyridine rings is 1. The Balaban J connectivity index is 2.38. The number of anilines is 1. The van der Waals surface area contributed by atoms with Crippen molar-refractivity contribution in [3.05, 3.63) is 24.0 Å². The van der Waals surface area contributed by atoms with Crippen molar-refractivity contribution in [2.24, 2.45) is 7.05 Å². The van der Waals surface area contributed by atoms with Gasteiger partial charge in [0.05, 0.1) is 23.8 Å². The molecule has 2 aromatic rings. The second-order valence-electron chi connectivity index (χ2n) is 4.02. The maximum atomic E-state index is 11.1. The van der Waals surface area contributed by atoms with Gasteiger partial charge in [0, 0.05) is 7.05 Å². The summed E-state index contributed by atoms with van der Waals surface area (Å²) in [4.78, 5) is 15.1. The van der Waals surface area contributed by atoms with Gasteiger partial charge in [-0.1, -0.05) is 5.21 Å². The number of carbonyl (C=O) groups is 1. The summed E-state index contributed by atoms with van der Waals surface area (Å²) < 4.78 is 25.5. The molecule has 2 aromatic heterocycles. The molecule has 106 valence electrons. The van der Waals surface area contributed by atoms with Crippen molar-refractivity contribution in [2.75, 3.05) is 11.0 Å². The van der Waals surface area contributed by atoms with Crippen molar-refractivity contribution in [1.29, 1.82) is 0 Å². The molecule has 0 aliphatic carbocycles. The summed E-state index contributed by atoms with van der Waals surface area (Å²) in [5.41, 5.74) is 0.582. The van der Waals surface area contributed by atoms with Gasteiger partial charge >= 0.3 is 5.97 Å². The lowest BCUT2D eigenvalue weighted by Gasteiger charge is -2.04. The molecule has 20 heavy (non-hydrogen) atoms. The topological polar surface area (TPSA) is 127 Å². The third-order valence-corrected chi connectivity index (χ3v) is 2.95. The van der Waals surface area contributed by atoms with Gasteiger partial charge in [0.25, 0.3) is 0 Å². The molecule has 0 amide bonds. The van der Waals surface area contributed by atoms with Crippen LogP contribution in [-0.4, -0.2) is 45.7 Å². The van der Waals surface area contributed by atoms with Crippen LogP contribution in [-0.2, 0) is 17.1 Å². The van der Waals surface area contributed by atoms with Gasteiger partial charge < -0.3 is 5.11 Å². The normalized spacial score (nSPS) is 11.3. The Kier molecular flexibility index (Phi) is 3.40. The second kappa shape index (κ2) is 4.89. The molecule has 0 saturated heterocycles. The molecule has 0 bridgehead atoms. The van der Waals surface area contributed by atoms with Gasteiger partial charge in [-0.05, 0) is 12.1 Å².